The molecule has 2 aromatic heterocycles. The minimum atomic E-state index is -0.309. The fourth-order valence-electron chi connectivity index (χ4n) is 7.50. The van der Waals surface area contributed by atoms with E-state index in [0.29, 0.717) is 41.8 Å². The molecule has 4 aromatic carbocycles. The van der Waals surface area contributed by atoms with E-state index >= 15 is 0 Å². The first-order valence-corrected chi connectivity index (χ1v) is 19.9. The number of aromatic nitrogens is 2. The molecule has 0 bridgehead atoms. The van der Waals surface area contributed by atoms with Gasteiger partial charge < -0.3 is 14.0 Å². The van der Waals surface area contributed by atoms with E-state index in [1.165, 1.54) is 33.2 Å². The number of fused-ring (bicyclic) bond motifs is 3. The second kappa shape index (κ2) is 15.3. The van der Waals surface area contributed by atoms with Crippen LogP contribution in [0.3, 0.4) is 0 Å². The quantitative estimate of drug-likeness (QED) is 0.143. The summed E-state index contributed by atoms with van der Waals surface area (Å²) in [6.45, 7) is 29.6. The SMILES string of the molecule is CC(C)c1cccc(C(C)C)c1-c1cc(Oc2[c-]c3c(cc2)c2cc(C(C)(C)C)ccc2n3-c2cc(C(C)(C)C)ccn2)[c-]c(C2=N[C@](C)(C(C)C)CO2)c1.[Pt+2]. The average Bonchev–Trinajstić information content (AvgIpc) is 3.69. The average molecular weight is 927 g/mol. The van der Waals surface area contributed by atoms with Crippen molar-refractivity contribution >= 4 is 27.7 Å². The fourth-order valence-corrected chi connectivity index (χ4v) is 7.50. The van der Waals surface area contributed by atoms with Gasteiger partial charge in [0.25, 0.3) is 0 Å². The summed E-state index contributed by atoms with van der Waals surface area (Å²) in [7, 11) is 0. The molecule has 0 amide bonds. The molecule has 0 radical (unpaired) electrons. The van der Waals surface area contributed by atoms with Crippen molar-refractivity contribution in [2.75, 3.05) is 6.61 Å². The molecule has 1 atom stereocenters. The summed E-state index contributed by atoms with van der Waals surface area (Å²) in [4.78, 5) is 10.1. The first kappa shape index (κ1) is 41.4. The van der Waals surface area contributed by atoms with Crippen molar-refractivity contribution < 1.29 is 30.5 Å². The topological polar surface area (TPSA) is 48.6 Å². The van der Waals surface area contributed by atoms with Gasteiger partial charge >= 0.3 is 21.1 Å². The Kier molecular flexibility index (Phi) is 11.3. The molecule has 6 heteroatoms. The van der Waals surface area contributed by atoms with Crippen LogP contribution in [0.25, 0.3) is 38.8 Å². The molecule has 7 rings (SSSR count). The number of pyridine rings is 1. The molecule has 0 N–H and O–H groups in total. The zero-order valence-corrected chi connectivity index (χ0v) is 37.7. The van der Waals surface area contributed by atoms with Crippen LogP contribution in [0.4, 0.5) is 0 Å². The van der Waals surface area contributed by atoms with Gasteiger partial charge in [-0.15, -0.1) is 23.6 Å². The molecule has 1 aliphatic rings. The van der Waals surface area contributed by atoms with Crippen LogP contribution in [0.1, 0.15) is 130 Å². The molecule has 1 aliphatic heterocycles. The first-order valence-electron chi connectivity index (χ1n) is 19.9. The normalized spacial score (nSPS) is 16.2. The molecule has 0 saturated heterocycles. The van der Waals surface area contributed by atoms with E-state index in [2.05, 4.69) is 173 Å². The van der Waals surface area contributed by atoms with Crippen molar-refractivity contribution in [1.29, 1.82) is 0 Å². The van der Waals surface area contributed by atoms with Gasteiger partial charge in [-0.25, -0.2) is 4.98 Å². The molecule has 294 valence electrons. The Bertz CT molecular complexity index is 2410. The van der Waals surface area contributed by atoms with Crippen molar-refractivity contribution in [1.82, 2.24) is 9.55 Å². The van der Waals surface area contributed by atoms with Crippen LogP contribution in [0, 0.1) is 18.1 Å². The van der Waals surface area contributed by atoms with Crippen molar-refractivity contribution in [2.45, 2.75) is 118 Å². The number of benzene rings is 4. The third-order valence-corrected chi connectivity index (χ3v) is 11.4. The summed E-state index contributed by atoms with van der Waals surface area (Å²) in [5.74, 6) is 3.64. The van der Waals surface area contributed by atoms with Crippen LogP contribution < -0.4 is 4.74 Å². The molecular weight excluding hydrogens is 870 g/mol. The van der Waals surface area contributed by atoms with Crippen LogP contribution in [0.15, 0.2) is 84.0 Å². The summed E-state index contributed by atoms with van der Waals surface area (Å²) in [5.41, 5.74) is 9.85. The van der Waals surface area contributed by atoms with E-state index in [-0.39, 0.29) is 37.4 Å². The molecule has 0 fully saturated rings. The molecule has 0 unspecified atom stereocenters. The summed E-state index contributed by atoms with van der Waals surface area (Å²) >= 11 is 0. The van der Waals surface area contributed by atoms with Gasteiger partial charge in [-0.2, -0.15) is 6.07 Å². The number of rotatable bonds is 8. The minimum absolute atomic E-state index is 0. The van der Waals surface area contributed by atoms with E-state index < -0.39 is 0 Å². The third kappa shape index (κ3) is 7.86. The number of hydrogen-bond acceptors (Lipinski definition) is 4. The largest absolute Gasteiger partial charge is 2.00 e. The number of ether oxygens (including phenoxy) is 2. The molecule has 0 saturated carbocycles. The van der Waals surface area contributed by atoms with Crippen molar-refractivity contribution in [3.8, 4) is 28.4 Å². The maximum atomic E-state index is 6.84. The maximum Gasteiger partial charge on any atom is 2.00 e. The number of hydrogen-bond donors (Lipinski definition) is 0. The molecule has 3 heterocycles. The summed E-state index contributed by atoms with van der Waals surface area (Å²) in [6.07, 6.45) is 1.91. The van der Waals surface area contributed by atoms with E-state index in [0.717, 1.165) is 33.4 Å². The van der Waals surface area contributed by atoms with Crippen LogP contribution in [-0.4, -0.2) is 27.6 Å². The Hall–Kier alpha value is -4.21. The van der Waals surface area contributed by atoms with Crippen LogP contribution >= 0.6 is 0 Å². The Morgan fingerprint density at radius 3 is 2.02 bits per heavy atom. The summed E-state index contributed by atoms with van der Waals surface area (Å²) in [5, 5.41) is 2.27. The Balaban J connectivity index is 0.00000532. The van der Waals surface area contributed by atoms with E-state index in [4.69, 9.17) is 19.5 Å². The van der Waals surface area contributed by atoms with Crippen LogP contribution in [0.5, 0.6) is 11.5 Å². The summed E-state index contributed by atoms with van der Waals surface area (Å²) in [6, 6.07) is 33.5. The predicted octanol–water partition coefficient (Wildman–Crippen LogP) is 13.3. The van der Waals surface area contributed by atoms with E-state index in [1.807, 2.05) is 12.3 Å². The zero-order valence-electron chi connectivity index (χ0n) is 35.4. The molecule has 56 heavy (non-hydrogen) atoms. The van der Waals surface area contributed by atoms with Gasteiger partial charge in [0, 0.05) is 23.2 Å². The van der Waals surface area contributed by atoms with Crippen molar-refractivity contribution in [3.63, 3.8) is 0 Å². The molecular formula is C50H57N3O2Pt. The number of aliphatic imine (C=N–C) groups is 1. The van der Waals surface area contributed by atoms with Crippen LogP contribution in [0.2, 0.25) is 0 Å². The molecule has 5 nitrogen and oxygen atoms in total. The number of nitrogens with zero attached hydrogens (tertiary/aromatic N) is 3. The van der Waals surface area contributed by atoms with Crippen molar-refractivity contribution in [2.24, 2.45) is 10.9 Å². The second-order valence-corrected chi connectivity index (χ2v) is 18.6. The zero-order chi connectivity index (χ0) is 39.6. The standard InChI is InChI=1S/C50H57N3O2.Pt/c1-30(2)39-15-14-16-40(31(3)4)46(39)33-23-34(47-52-50(13,29-54-47)32(5)6)25-38(24-33)55-37-18-19-41-42-26-35(48(7,8)9)17-20-43(42)53(44(41)28-37)45-27-36(21-22-51-45)49(10,11)12;/h14-24,26-27,30-32H,29H2,1-13H3;/q-2;+2/t50-;/m0./s1. The van der Waals surface area contributed by atoms with Gasteiger partial charge in [0.05, 0.1) is 5.54 Å². The monoisotopic (exact) mass is 926 g/mol. The van der Waals surface area contributed by atoms with E-state index in [1.54, 1.807) is 0 Å². The Morgan fingerprint density at radius 1 is 0.750 bits per heavy atom. The predicted molar refractivity (Wildman–Crippen MR) is 230 cm³/mol. The van der Waals surface area contributed by atoms with Gasteiger partial charge in [0.1, 0.15) is 18.3 Å². The maximum absolute atomic E-state index is 6.84. The van der Waals surface area contributed by atoms with E-state index in [9.17, 15) is 0 Å². The molecule has 0 aliphatic carbocycles. The molecule has 0 spiro atoms. The Morgan fingerprint density at radius 2 is 1.41 bits per heavy atom. The minimum Gasteiger partial charge on any atom is -0.518 e. The van der Waals surface area contributed by atoms with Gasteiger partial charge in [-0.3, -0.25) is 4.99 Å². The van der Waals surface area contributed by atoms with Gasteiger partial charge in [-0.05, 0) is 86.9 Å². The fraction of sp³-hybridized carbons (Fsp3) is 0.400. The van der Waals surface area contributed by atoms with Gasteiger partial charge in [0.2, 0.25) is 0 Å². The third-order valence-electron chi connectivity index (χ3n) is 11.4. The smallest absolute Gasteiger partial charge is 0.518 e. The van der Waals surface area contributed by atoms with Crippen LogP contribution in [-0.2, 0) is 36.6 Å². The van der Waals surface area contributed by atoms with Gasteiger partial charge in [0.15, 0.2) is 0 Å². The van der Waals surface area contributed by atoms with Gasteiger partial charge in [-0.1, -0.05) is 142 Å². The molecule has 6 aromatic rings. The first-order chi connectivity index (χ1) is 25.8. The Labute approximate surface area is 349 Å². The second-order valence-electron chi connectivity index (χ2n) is 18.6. The summed E-state index contributed by atoms with van der Waals surface area (Å²) < 4.78 is 15.4. The van der Waals surface area contributed by atoms with Crippen molar-refractivity contribution in [3.05, 3.63) is 119 Å².